The van der Waals surface area contributed by atoms with Gasteiger partial charge in [0.15, 0.2) is 0 Å². The van der Waals surface area contributed by atoms with Gasteiger partial charge in [-0.15, -0.1) is 0 Å². The smallest absolute Gasteiger partial charge is 0.242 e. The van der Waals surface area contributed by atoms with Crippen LogP contribution in [0.3, 0.4) is 0 Å². The summed E-state index contributed by atoms with van der Waals surface area (Å²) in [5.41, 5.74) is 1.03. The van der Waals surface area contributed by atoms with E-state index in [9.17, 15) is 4.79 Å². The molecule has 0 saturated carbocycles. The minimum Gasteiger partial charge on any atom is -0.395 e. The van der Waals surface area contributed by atoms with Crippen molar-refractivity contribution >= 4 is 27.7 Å². The maximum atomic E-state index is 11.9. The largest absolute Gasteiger partial charge is 0.395 e. The first-order chi connectivity index (χ1) is 8.20. The molecular weight excluding hydrogens is 286 g/mol. The number of aliphatic hydroxyl groups is 1. The molecule has 1 aromatic rings. The maximum Gasteiger partial charge on any atom is 0.242 e. The zero-order chi connectivity index (χ0) is 12.3. The summed E-state index contributed by atoms with van der Waals surface area (Å²) in [5.74, 6) is 0.540. The van der Waals surface area contributed by atoms with Crippen molar-refractivity contribution in [3.8, 4) is 0 Å². The van der Waals surface area contributed by atoms with E-state index in [1.165, 1.54) is 0 Å². The summed E-state index contributed by atoms with van der Waals surface area (Å²) in [6, 6.07) is 1.70. The Hall–Kier alpha value is -0.980. The highest BCUT2D eigenvalue weighted by molar-refractivity contribution is 9.10. The first kappa shape index (κ1) is 12.5. The highest BCUT2D eigenvalue weighted by atomic mass is 79.9. The number of aromatic nitrogens is 1. The van der Waals surface area contributed by atoms with Gasteiger partial charge in [-0.05, 0) is 40.4 Å². The van der Waals surface area contributed by atoms with Crippen LogP contribution in [0.4, 0.5) is 5.82 Å². The Morgan fingerprint density at radius 1 is 1.65 bits per heavy atom. The summed E-state index contributed by atoms with van der Waals surface area (Å²) in [5, 5.41) is 14.6. The van der Waals surface area contributed by atoms with Gasteiger partial charge in [-0.3, -0.25) is 4.79 Å². The van der Waals surface area contributed by atoms with E-state index < -0.39 is 0 Å². The Morgan fingerprint density at radius 3 is 3.24 bits per heavy atom. The Balaban J connectivity index is 2.13. The monoisotopic (exact) mass is 299 g/mol. The number of amides is 1. The number of fused-ring (bicyclic) bond motifs is 1. The van der Waals surface area contributed by atoms with E-state index in [0.717, 1.165) is 16.5 Å². The molecule has 2 heterocycles. The second kappa shape index (κ2) is 5.57. The zero-order valence-electron chi connectivity index (χ0n) is 9.24. The van der Waals surface area contributed by atoms with Crippen molar-refractivity contribution in [3.63, 3.8) is 0 Å². The lowest BCUT2D eigenvalue weighted by atomic mass is 10.1. The standard InChI is InChI=1S/C11H14BrN3O2/c12-8-5-7-1-2-9(13-3-4-16)11(17)15-10(7)14-6-8/h5-6,9,13,16H,1-4H2,(H,14,15,17). The minimum absolute atomic E-state index is 0.0283. The summed E-state index contributed by atoms with van der Waals surface area (Å²) in [7, 11) is 0. The average molecular weight is 300 g/mol. The molecule has 3 N–H and O–H groups in total. The Kier molecular flexibility index (Phi) is 4.09. The number of carbonyl (C=O) groups excluding carboxylic acids is 1. The topological polar surface area (TPSA) is 74.2 Å². The van der Waals surface area contributed by atoms with Gasteiger partial charge in [0.25, 0.3) is 0 Å². The van der Waals surface area contributed by atoms with Crippen molar-refractivity contribution < 1.29 is 9.90 Å². The van der Waals surface area contributed by atoms with Crippen LogP contribution >= 0.6 is 15.9 Å². The lowest BCUT2D eigenvalue weighted by Crippen LogP contribution is -2.41. The molecule has 1 atom stereocenters. The van der Waals surface area contributed by atoms with Gasteiger partial charge in [-0.1, -0.05) is 0 Å². The van der Waals surface area contributed by atoms with Gasteiger partial charge >= 0.3 is 0 Å². The molecule has 0 fully saturated rings. The first-order valence-electron chi connectivity index (χ1n) is 5.50. The second-order valence-corrected chi connectivity index (χ2v) is 4.84. The number of nitrogens with zero attached hydrogens (tertiary/aromatic N) is 1. The molecule has 5 nitrogen and oxygen atoms in total. The quantitative estimate of drug-likeness (QED) is 0.767. The van der Waals surface area contributed by atoms with Gasteiger partial charge in [0.1, 0.15) is 5.82 Å². The Bertz CT molecular complexity index is 425. The van der Waals surface area contributed by atoms with Crippen LogP contribution in [0.25, 0.3) is 0 Å². The van der Waals surface area contributed by atoms with Crippen LogP contribution in [0, 0.1) is 0 Å². The summed E-state index contributed by atoms with van der Waals surface area (Å²) in [4.78, 5) is 16.0. The van der Waals surface area contributed by atoms with Crippen molar-refractivity contribution in [2.75, 3.05) is 18.5 Å². The number of hydrogen-bond donors (Lipinski definition) is 3. The van der Waals surface area contributed by atoms with Gasteiger partial charge in [-0.2, -0.15) is 0 Å². The Morgan fingerprint density at radius 2 is 2.47 bits per heavy atom. The van der Waals surface area contributed by atoms with E-state index in [1.807, 2.05) is 6.07 Å². The number of pyridine rings is 1. The molecule has 1 aromatic heterocycles. The second-order valence-electron chi connectivity index (χ2n) is 3.92. The van der Waals surface area contributed by atoms with Crippen molar-refractivity contribution in [2.24, 2.45) is 0 Å². The van der Waals surface area contributed by atoms with E-state index in [-0.39, 0.29) is 18.6 Å². The fourth-order valence-corrected chi connectivity index (χ4v) is 2.23. The average Bonchev–Trinajstić information content (AvgIpc) is 2.46. The van der Waals surface area contributed by atoms with Crippen molar-refractivity contribution in [1.82, 2.24) is 10.3 Å². The molecule has 0 spiro atoms. The third kappa shape index (κ3) is 3.02. The molecule has 92 valence electrons. The van der Waals surface area contributed by atoms with E-state index in [2.05, 4.69) is 31.5 Å². The molecule has 1 aliphatic heterocycles. The van der Waals surface area contributed by atoms with Crippen LogP contribution in [0.5, 0.6) is 0 Å². The number of nitrogens with one attached hydrogen (secondary N) is 2. The number of halogens is 1. The van der Waals surface area contributed by atoms with Crippen molar-refractivity contribution in [2.45, 2.75) is 18.9 Å². The maximum absolute atomic E-state index is 11.9. The first-order valence-corrected chi connectivity index (χ1v) is 6.29. The van der Waals surface area contributed by atoms with E-state index in [1.54, 1.807) is 6.20 Å². The highest BCUT2D eigenvalue weighted by Gasteiger charge is 2.23. The fourth-order valence-electron chi connectivity index (χ4n) is 1.85. The highest BCUT2D eigenvalue weighted by Crippen LogP contribution is 2.22. The lowest BCUT2D eigenvalue weighted by Gasteiger charge is -2.13. The van der Waals surface area contributed by atoms with Crippen LogP contribution in [0.2, 0.25) is 0 Å². The van der Waals surface area contributed by atoms with Crippen LogP contribution in [0.15, 0.2) is 16.7 Å². The van der Waals surface area contributed by atoms with Crippen molar-refractivity contribution in [1.29, 1.82) is 0 Å². The van der Waals surface area contributed by atoms with Gasteiger partial charge < -0.3 is 15.7 Å². The number of aliphatic hydroxyl groups excluding tert-OH is 1. The molecule has 0 radical (unpaired) electrons. The van der Waals surface area contributed by atoms with E-state index in [0.29, 0.717) is 18.8 Å². The molecule has 1 amide bonds. The third-order valence-corrected chi connectivity index (χ3v) is 3.13. The lowest BCUT2D eigenvalue weighted by molar-refractivity contribution is -0.118. The summed E-state index contributed by atoms with van der Waals surface area (Å²) in [6.45, 7) is 0.450. The summed E-state index contributed by atoms with van der Waals surface area (Å²) >= 11 is 3.36. The molecule has 1 aliphatic rings. The van der Waals surface area contributed by atoms with Crippen LogP contribution in [-0.2, 0) is 11.2 Å². The van der Waals surface area contributed by atoms with E-state index in [4.69, 9.17) is 5.11 Å². The van der Waals surface area contributed by atoms with Crippen LogP contribution in [-0.4, -0.2) is 35.2 Å². The number of rotatable bonds is 3. The SMILES string of the molecule is O=C1Nc2ncc(Br)cc2CCC1NCCO. The van der Waals surface area contributed by atoms with Gasteiger partial charge in [0.05, 0.1) is 12.6 Å². The Labute approximate surface area is 108 Å². The molecule has 0 saturated heterocycles. The number of carbonyl (C=O) groups is 1. The molecule has 17 heavy (non-hydrogen) atoms. The fraction of sp³-hybridized carbons (Fsp3) is 0.455. The van der Waals surface area contributed by atoms with Gasteiger partial charge in [0, 0.05) is 17.2 Å². The normalized spacial score (nSPS) is 19.4. The van der Waals surface area contributed by atoms with Crippen molar-refractivity contribution in [3.05, 3.63) is 22.3 Å². The number of anilines is 1. The molecular formula is C11H14BrN3O2. The summed E-state index contributed by atoms with van der Waals surface area (Å²) in [6.07, 6.45) is 3.15. The van der Waals surface area contributed by atoms with E-state index >= 15 is 0 Å². The molecule has 1 unspecified atom stereocenters. The van der Waals surface area contributed by atoms with Crippen LogP contribution in [0.1, 0.15) is 12.0 Å². The zero-order valence-corrected chi connectivity index (χ0v) is 10.8. The summed E-state index contributed by atoms with van der Waals surface area (Å²) < 4.78 is 0.910. The minimum atomic E-state index is -0.268. The molecule has 2 rings (SSSR count). The number of aryl methyl sites for hydroxylation is 1. The van der Waals surface area contributed by atoms with Gasteiger partial charge in [0.2, 0.25) is 5.91 Å². The predicted molar refractivity (Wildman–Crippen MR) is 67.8 cm³/mol. The van der Waals surface area contributed by atoms with Crippen LogP contribution < -0.4 is 10.6 Å². The molecule has 0 bridgehead atoms. The predicted octanol–water partition coefficient (Wildman–Crippen LogP) is 0.679. The molecule has 6 heteroatoms. The molecule has 0 aliphatic carbocycles. The third-order valence-electron chi connectivity index (χ3n) is 2.70. The molecule has 0 aromatic carbocycles. The van der Waals surface area contributed by atoms with Gasteiger partial charge in [-0.25, -0.2) is 4.98 Å². The number of hydrogen-bond acceptors (Lipinski definition) is 4.